The minimum Gasteiger partial charge on any atom is -0.338 e. The minimum absolute atomic E-state index is 0.181. The molecule has 2 aliphatic rings. The van der Waals surface area contributed by atoms with Gasteiger partial charge in [0, 0.05) is 25.0 Å². The van der Waals surface area contributed by atoms with Gasteiger partial charge in [-0.1, -0.05) is 46.0 Å². The van der Waals surface area contributed by atoms with E-state index in [1.807, 2.05) is 0 Å². The Labute approximate surface area is 124 Å². The molecule has 0 bridgehead atoms. The number of amides is 1. The average Bonchev–Trinajstić information content (AvgIpc) is 2.47. The van der Waals surface area contributed by atoms with E-state index in [0.717, 1.165) is 31.7 Å². The van der Waals surface area contributed by atoms with Crippen LogP contribution in [-0.2, 0) is 4.79 Å². The van der Waals surface area contributed by atoms with Crippen molar-refractivity contribution in [3.8, 4) is 0 Å². The van der Waals surface area contributed by atoms with Gasteiger partial charge < -0.3 is 10.6 Å². The number of hydrogen-bond acceptors (Lipinski definition) is 2. The maximum Gasteiger partial charge on any atom is 0.225 e. The van der Waals surface area contributed by atoms with E-state index in [-0.39, 0.29) is 12.0 Å². The fraction of sp³-hybridized carbons (Fsp3) is 0.941. The molecular formula is C17H32N2O. The van der Waals surface area contributed by atoms with Gasteiger partial charge in [-0.25, -0.2) is 0 Å². The molecule has 116 valence electrons. The van der Waals surface area contributed by atoms with E-state index >= 15 is 0 Å². The Morgan fingerprint density at radius 3 is 2.60 bits per heavy atom. The highest BCUT2D eigenvalue weighted by Gasteiger charge is 2.32. The van der Waals surface area contributed by atoms with Crippen molar-refractivity contribution in [2.24, 2.45) is 23.5 Å². The van der Waals surface area contributed by atoms with Crippen LogP contribution in [0.4, 0.5) is 0 Å². The van der Waals surface area contributed by atoms with Crippen molar-refractivity contribution in [1.29, 1.82) is 0 Å². The van der Waals surface area contributed by atoms with Crippen molar-refractivity contribution >= 4 is 5.91 Å². The minimum atomic E-state index is 0.181. The van der Waals surface area contributed by atoms with Gasteiger partial charge in [0.25, 0.3) is 0 Å². The quantitative estimate of drug-likeness (QED) is 0.859. The Hall–Kier alpha value is -0.570. The second-order valence-electron chi connectivity index (χ2n) is 7.19. The van der Waals surface area contributed by atoms with Gasteiger partial charge in [0.2, 0.25) is 5.91 Å². The molecule has 20 heavy (non-hydrogen) atoms. The largest absolute Gasteiger partial charge is 0.338 e. The van der Waals surface area contributed by atoms with Crippen molar-refractivity contribution in [3.63, 3.8) is 0 Å². The van der Waals surface area contributed by atoms with E-state index in [4.69, 9.17) is 5.73 Å². The summed E-state index contributed by atoms with van der Waals surface area (Å²) in [5.74, 6) is 2.03. The molecule has 0 spiro atoms. The number of likely N-dealkylation sites (tertiary alicyclic amines) is 1. The smallest absolute Gasteiger partial charge is 0.225 e. The van der Waals surface area contributed by atoms with Crippen molar-refractivity contribution in [3.05, 3.63) is 0 Å². The molecule has 0 radical (unpaired) electrons. The Kier molecular flexibility index (Phi) is 5.88. The Morgan fingerprint density at radius 2 is 1.95 bits per heavy atom. The number of carbonyl (C=O) groups excluding carboxylic acids is 1. The summed E-state index contributed by atoms with van der Waals surface area (Å²) in [7, 11) is 0. The van der Waals surface area contributed by atoms with Gasteiger partial charge in [0.1, 0.15) is 0 Å². The molecule has 2 rings (SSSR count). The van der Waals surface area contributed by atoms with E-state index in [2.05, 4.69) is 18.7 Å². The fourth-order valence-corrected chi connectivity index (χ4v) is 4.07. The standard InChI is InChI=1S/C17H32N2O/c1-13-8-9-19(16(10-13)12-18)17(20)14(2)11-15-6-4-3-5-7-15/h13-16H,3-12,18H2,1-2H3. The van der Waals surface area contributed by atoms with Crippen LogP contribution in [0.3, 0.4) is 0 Å². The number of carbonyl (C=O) groups is 1. The number of hydrogen-bond donors (Lipinski definition) is 1. The molecule has 0 aromatic rings. The molecule has 1 saturated carbocycles. The van der Waals surface area contributed by atoms with Crippen LogP contribution in [0.2, 0.25) is 0 Å². The van der Waals surface area contributed by atoms with E-state index in [1.54, 1.807) is 0 Å². The highest BCUT2D eigenvalue weighted by Crippen LogP contribution is 2.31. The summed E-state index contributed by atoms with van der Waals surface area (Å²) in [6.45, 7) is 5.93. The maximum atomic E-state index is 12.7. The molecule has 1 aliphatic heterocycles. The lowest BCUT2D eigenvalue weighted by molar-refractivity contribution is -0.139. The van der Waals surface area contributed by atoms with E-state index < -0.39 is 0 Å². The molecule has 1 heterocycles. The van der Waals surface area contributed by atoms with Gasteiger partial charge >= 0.3 is 0 Å². The van der Waals surface area contributed by atoms with Gasteiger partial charge in [-0.2, -0.15) is 0 Å². The molecule has 0 aromatic carbocycles. The second kappa shape index (κ2) is 7.44. The summed E-state index contributed by atoms with van der Waals surface area (Å²) in [5, 5.41) is 0. The van der Waals surface area contributed by atoms with Gasteiger partial charge in [-0.15, -0.1) is 0 Å². The van der Waals surface area contributed by atoms with Crippen molar-refractivity contribution in [2.45, 2.75) is 71.3 Å². The van der Waals surface area contributed by atoms with Crippen LogP contribution in [0.1, 0.15) is 65.2 Å². The molecular weight excluding hydrogens is 248 g/mol. The third kappa shape index (κ3) is 3.97. The number of nitrogens with zero attached hydrogens (tertiary/aromatic N) is 1. The summed E-state index contributed by atoms with van der Waals surface area (Å²) < 4.78 is 0. The summed E-state index contributed by atoms with van der Waals surface area (Å²) >= 11 is 0. The maximum absolute atomic E-state index is 12.7. The van der Waals surface area contributed by atoms with Crippen molar-refractivity contribution in [2.75, 3.05) is 13.1 Å². The third-order valence-corrected chi connectivity index (χ3v) is 5.37. The topological polar surface area (TPSA) is 46.3 Å². The van der Waals surface area contributed by atoms with E-state index in [1.165, 1.54) is 32.1 Å². The SMILES string of the molecule is CC1CCN(C(=O)C(C)CC2CCCCC2)C(CN)C1. The van der Waals surface area contributed by atoms with Crippen LogP contribution in [0.5, 0.6) is 0 Å². The Morgan fingerprint density at radius 1 is 1.25 bits per heavy atom. The Bertz CT molecular complexity index is 312. The first kappa shape index (κ1) is 15.8. The van der Waals surface area contributed by atoms with Crippen LogP contribution in [0, 0.1) is 17.8 Å². The second-order valence-corrected chi connectivity index (χ2v) is 7.19. The lowest BCUT2D eigenvalue weighted by Crippen LogP contribution is -2.51. The average molecular weight is 280 g/mol. The van der Waals surface area contributed by atoms with Crippen LogP contribution >= 0.6 is 0 Å². The first-order chi connectivity index (χ1) is 9.61. The normalized spacial score (nSPS) is 30.2. The summed E-state index contributed by atoms with van der Waals surface area (Å²) in [4.78, 5) is 14.8. The molecule has 2 N–H and O–H groups in total. The molecule has 3 nitrogen and oxygen atoms in total. The fourth-order valence-electron chi connectivity index (χ4n) is 4.07. The molecule has 1 saturated heterocycles. The lowest BCUT2D eigenvalue weighted by atomic mass is 9.82. The van der Waals surface area contributed by atoms with Gasteiger partial charge in [-0.3, -0.25) is 4.79 Å². The van der Waals surface area contributed by atoms with E-state index in [9.17, 15) is 4.79 Å². The Balaban J connectivity index is 1.88. The molecule has 0 aromatic heterocycles. The summed E-state index contributed by atoms with van der Waals surface area (Å²) in [6.07, 6.45) is 10.1. The lowest BCUT2D eigenvalue weighted by Gasteiger charge is -2.40. The highest BCUT2D eigenvalue weighted by atomic mass is 16.2. The molecule has 2 fully saturated rings. The van der Waals surface area contributed by atoms with Crippen molar-refractivity contribution < 1.29 is 4.79 Å². The molecule has 3 heteroatoms. The van der Waals surface area contributed by atoms with Gasteiger partial charge in [0.05, 0.1) is 0 Å². The molecule has 3 atom stereocenters. The van der Waals surface area contributed by atoms with Crippen LogP contribution in [0.15, 0.2) is 0 Å². The predicted molar refractivity (Wildman–Crippen MR) is 83.3 cm³/mol. The first-order valence-corrected chi connectivity index (χ1v) is 8.62. The monoisotopic (exact) mass is 280 g/mol. The number of rotatable bonds is 4. The molecule has 1 amide bonds. The van der Waals surface area contributed by atoms with Crippen molar-refractivity contribution in [1.82, 2.24) is 4.90 Å². The summed E-state index contributed by atoms with van der Waals surface area (Å²) in [6, 6.07) is 0.278. The summed E-state index contributed by atoms with van der Waals surface area (Å²) in [5.41, 5.74) is 5.88. The zero-order valence-corrected chi connectivity index (χ0v) is 13.3. The zero-order valence-electron chi connectivity index (χ0n) is 13.3. The molecule has 3 unspecified atom stereocenters. The van der Waals surface area contributed by atoms with Crippen LogP contribution in [-0.4, -0.2) is 29.9 Å². The van der Waals surface area contributed by atoms with E-state index in [0.29, 0.717) is 18.4 Å². The van der Waals surface area contributed by atoms with Crippen LogP contribution < -0.4 is 5.73 Å². The predicted octanol–water partition coefficient (Wildman–Crippen LogP) is 3.18. The highest BCUT2D eigenvalue weighted by molar-refractivity contribution is 5.79. The van der Waals surface area contributed by atoms with Crippen LogP contribution in [0.25, 0.3) is 0 Å². The first-order valence-electron chi connectivity index (χ1n) is 8.62. The zero-order chi connectivity index (χ0) is 14.5. The van der Waals surface area contributed by atoms with Gasteiger partial charge in [0.15, 0.2) is 0 Å². The van der Waals surface area contributed by atoms with Gasteiger partial charge in [-0.05, 0) is 31.1 Å². The number of piperidine rings is 1. The molecule has 1 aliphatic carbocycles. The third-order valence-electron chi connectivity index (χ3n) is 5.37. The number of nitrogens with two attached hydrogens (primary N) is 1.